The van der Waals surface area contributed by atoms with Crippen molar-refractivity contribution < 1.29 is 0 Å². The molecule has 0 bridgehead atoms. The molecule has 2 rings (SSSR count). The molecule has 4 nitrogen and oxygen atoms in total. The maximum absolute atomic E-state index is 5.91. The second-order valence-corrected chi connectivity index (χ2v) is 5.61. The van der Waals surface area contributed by atoms with E-state index in [4.69, 9.17) is 11.5 Å². The fourth-order valence-electron chi connectivity index (χ4n) is 2.21. The third-order valence-corrected chi connectivity index (χ3v) is 4.06. The van der Waals surface area contributed by atoms with Gasteiger partial charge < -0.3 is 11.5 Å². The standard InChI is InChI=1S/C15H20N4S/c1-10-13(14(16)19-15(17)18-10)5-3-4-11-6-8-12(20-2)9-7-11/h6-9H,3-5H2,1-2H3,(H4,16,17,18,19). The highest BCUT2D eigenvalue weighted by molar-refractivity contribution is 7.98. The van der Waals surface area contributed by atoms with Crippen molar-refractivity contribution in [2.45, 2.75) is 31.1 Å². The summed E-state index contributed by atoms with van der Waals surface area (Å²) < 4.78 is 0. The molecule has 0 spiro atoms. The molecule has 2 aromatic rings. The number of rotatable bonds is 5. The number of nitrogens with two attached hydrogens (primary N) is 2. The van der Waals surface area contributed by atoms with E-state index in [-0.39, 0.29) is 5.95 Å². The van der Waals surface area contributed by atoms with Crippen molar-refractivity contribution in [3.63, 3.8) is 0 Å². The highest BCUT2D eigenvalue weighted by Crippen LogP contribution is 2.19. The monoisotopic (exact) mass is 288 g/mol. The van der Waals surface area contributed by atoms with Crippen LogP contribution in [0.15, 0.2) is 29.2 Å². The third kappa shape index (κ3) is 3.63. The third-order valence-electron chi connectivity index (χ3n) is 3.31. The van der Waals surface area contributed by atoms with Gasteiger partial charge >= 0.3 is 0 Å². The summed E-state index contributed by atoms with van der Waals surface area (Å²) in [6.45, 7) is 1.93. The zero-order valence-corrected chi connectivity index (χ0v) is 12.7. The van der Waals surface area contributed by atoms with E-state index in [2.05, 4.69) is 40.5 Å². The van der Waals surface area contributed by atoms with Crippen LogP contribution in [-0.4, -0.2) is 16.2 Å². The SMILES string of the molecule is CSc1ccc(CCCc2c(C)nc(N)nc2N)cc1. The van der Waals surface area contributed by atoms with Gasteiger partial charge in [-0.15, -0.1) is 11.8 Å². The van der Waals surface area contributed by atoms with Gasteiger partial charge in [-0.25, -0.2) is 4.98 Å². The van der Waals surface area contributed by atoms with Gasteiger partial charge in [0.25, 0.3) is 0 Å². The molecule has 0 atom stereocenters. The van der Waals surface area contributed by atoms with E-state index in [1.807, 2.05) is 6.92 Å². The zero-order valence-electron chi connectivity index (χ0n) is 11.9. The summed E-state index contributed by atoms with van der Waals surface area (Å²) in [4.78, 5) is 9.48. The number of anilines is 2. The molecule has 5 heteroatoms. The van der Waals surface area contributed by atoms with Crippen LogP contribution >= 0.6 is 11.8 Å². The summed E-state index contributed by atoms with van der Waals surface area (Å²) >= 11 is 1.76. The van der Waals surface area contributed by atoms with Gasteiger partial charge in [0.15, 0.2) is 0 Å². The average Bonchev–Trinajstić information content (AvgIpc) is 2.42. The Kier molecular flexibility index (Phi) is 4.84. The molecule has 0 radical (unpaired) electrons. The minimum absolute atomic E-state index is 0.247. The van der Waals surface area contributed by atoms with Crippen LogP contribution in [0.3, 0.4) is 0 Å². The first-order chi connectivity index (χ1) is 9.60. The number of thioether (sulfide) groups is 1. The van der Waals surface area contributed by atoms with Crippen molar-refractivity contribution in [3.05, 3.63) is 41.1 Å². The number of nitrogens with zero attached hydrogens (tertiary/aromatic N) is 2. The van der Waals surface area contributed by atoms with Crippen LogP contribution in [0.25, 0.3) is 0 Å². The zero-order chi connectivity index (χ0) is 14.5. The highest BCUT2D eigenvalue weighted by Gasteiger charge is 2.07. The smallest absolute Gasteiger partial charge is 0.222 e. The topological polar surface area (TPSA) is 77.8 Å². The first kappa shape index (κ1) is 14.7. The largest absolute Gasteiger partial charge is 0.383 e. The van der Waals surface area contributed by atoms with Crippen LogP contribution in [-0.2, 0) is 12.8 Å². The number of aryl methyl sites for hydroxylation is 2. The fraction of sp³-hybridized carbons (Fsp3) is 0.333. The van der Waals surface area contributed by atoms with E-state index in [0.29, 0.717) is 5.82 Å². The Hall–Kier alpha value is -1.75. The van der Waals surface area contributed by atoms with Crippen LogP contribution in [0.5, 0.6) is 0 Å². The van der Waals surface area contributed by atoms with Gasteiger partial charge in [-0.1, -0.05) is 12.1 Å². The van der Waals surface area contributed by atoms with Crippen molar-refractivity contribution in [3.8, 4) is 0 Å². The van der Waals surface area contributed by atoms with Gasteiger partial charge in [-0.05, 0) is 50.1 Å². The normalized spacial score (nSPS) is 10.7. The Morgan fingerprint density at radius 2 is 1.75 bits per heavy atom. The number of benzene rings is 1. The van der Waals surface area contributed by atoms with Crippen LogP contribution in [0, 0.1) is 6.92 Å². The van der Waals surface area contributed by atoms with E-state index in [0.717, 1.165) is 30.5 Å². The van der Waals surface area contributed by atoms with Gasteiger partial charge in [0.2, 0.25) is 5.95 Å². The molecule has 0 saturated carbocycles. The lowest BCUT2D eigenvalue weighted by molar-refractivity contribution is 0.807. The molecule has 0 unspecified atom stereocenters. The second kappa shape index (κ2) is 6.61. The van der Waals surface area contributed by atoms with Crippen molar-refractivity contribution in [2.75, 3.05) is 17.7 Å². The molecule has 1 aromatic heterocycles. The Balaban J connectivity index is 1.95. The lowest BCUT2D eigenvalue weighted by Gasteiger charge is -2.09. The molecule has 0 saturated heterocycles. The summed E-state index contributed by atoms with van der Waals surface area (Å²) in [5.74, 6) is 0.754. The molecule has 1 aromatic carbocycles. The highest BCUT2D eigenvalue weighted by atomic mass is 32.2. The number of hydrogen-bond acceptors (Lipinski definition) is 5. The maximum atomic E-state index is 5.91. The summed E-state index contributed by atoms with van der Waals surface area (Å²) in [7, 11) is 0. The van der Waals surface area contributed by atoms with Crippen molar-refractivity contribution in [1.29, 1.82) is 0 Å². The lowest BCUT2D eigenvalue weighted by atomic mass is 10.0. The van der Waals surface area contributed by atoms with Gasteiger partial charge in [-0.2, -0.15) is 4.98 Å². The molecule has 1 heterocycles. The van der Waals surface area contributed by atoms with Crippen LogP contribution in [0.2, 0.25) is 0 Å². The van der Waals surface area contributed by atoms with E-state index < -0.39 is 0 Å². The van der Waals surface area contributed by atoms with Crippen molar-refractivity contribution in [2.24, 2.45) is 0 Å². The van der Waals surface area contributed by atoms with Crippen LogP contribution in [0.1, 0.15) is 23.2 Å². The van der Waals surface area contributed by atoms with Crippen molar-refractivity contribution >= 4 is 23.5 Å². The minimum atomic E-state index is 0.247. The Labute approximate surface area is 124 Å². The maximum Gasteiger partial charge on any atom is 0.222 e. The summed E-state index contributed by atoms with van der Waals surface area (Å²) in [6, 6.07) is 8.68. The van der Waals surface area contributed by atoms with Crippen LogP contribution < -0.4 is 11.5 Å². The molecule has 0 aliphatic heterocycles. The number of nitrogen functional groups attached to an aromatic ring is 2. The molecule has 0 aliphatic carbocycles. The first-order valence-electron chi connectivity index (χ1n) is 6.61. The first-order valence-corrected chi connectivity index (χ1v) is 7.84. The van der Waals surface area contributed by atoms with E-state index in [1.54, 1.807) is 11.8 Å². The minimum Gasteiger partial charge on any atom is -0.383 e. The predicted molar refractivity (Wildman–Crippen MR) is 85.8 cm³/mol. The van der Waals surface area contributed by atoms with Gasteiger partial charge in [0, 0.05) is 16.2 Å². The van der Waals surface area contributed by atoms with E-state index >= 15 is 0 Å². The lowest BCUT2D eigenvalue weighted by Crippen LogP contribution is -2.07. The number of aromatic nitrogens is 2. The van der Waals surface area contributed by atoms with Crippen LogP contribution in [0.4, 0.5) is 11.8 Å². The fourth-order valence-corrected chi connectivity index (χ4v) is 2.62. The van der Waals surface area contributed by atoms with Gasteiger partial charge in [0.05, 0.1) is 0 Å². The Morgan fingerprint density at radius 3 is 2.35 bits per heavy atom. The molecule has 4 N–H and O–H groups in total. The summed E-state index contributed by atoms with van der Waals surface area (Å²) in [5.41, 5.74) is 14.7. The quantitative estimate of drug-likeness (QED) is 0.827. The Morgan fingerprint density at radius 1 is 1.05 bits per heavy atom. The van der Waals surface area contributed by atoms with Crippen molar-refractivity contribution in [1.82, 2.24) is 9.97 Å². The molecular formula is C15H20N4S. The second-order valence-electron chi connectivity index (χ2n) is 4.73. The number of hydrogen-bond donors (Lipinski definition) is 2. The average molecular weight is 288 g/mol. The van der Waals surface area contributed by atoms with Gasteiger partial charge in [-0.3, -0.25) is 0 Å². The Bertz CT molecular complexity index is 558. The molecule has 106 valence electrons. The molecular weight excluding hydrogens is 268 g/mol. The molecule has 20 heavy (non-hydrogen) atoms. The van der Waals surface area contributed by atoms with E-state index in [9.17, 15) is 0 Å². The van der Waals surface area contributed by atoms with E-state index in [1.165, 1.54) is 10.5 Å². The van der Waals surface area contributed by atoms with Gasteiger partial charge in [0.1, 0.15) is 5.82 Å². The molecule has 0 amide bonds. The summed E-state index contributed by atoms with van der Waals surface area (Å²) in [5, 5.41) is 0. The predicted octanol–water partition coefficient (Wildman–Crippen LogP) is 2.85. The molecule has 0 aliphatic rings. The molecule has 0 fully saturated rings. The summed E-state index contributed by atoms with van der Waals surface area (Å²) in [6.07, 6.45) is 5.01.